The van der Waals surface area contributed by atoms with Crippen molar-refractivity contribution in [1.82, 2.24) is 0 Å². The number of carbonyl (C=O) groups is 1. The van der Waals surface area contributed by atoms with Crippen LogP contribution in [0.1, 0.15) is 10.4 Å². The molecule has 0 saturated carbocycles. The number of hydrogen-bond donors (Lipinski definition) is 1. The number of benzene rings is 2. The maximum absolute atomic E-state index is 11.0. The van der Waals surface area contributed by atoms with Gasteiger partial charge in [0.1, 0.15) is 11.3 Å². The summed E-state index contributed by atoms with van der Waals surface area (Å²) in [5, 5.41) is 10.8. The second-order valence-corrected chi connectivity index (χ2v) is 4.49. The van der Waals surface area contributed by atoms with Crippen molar-refractivity contribution in [3.05, 3.63) is 40.4 Å². The van der Waals surface area contributed by atoms with Crippen LogP contribution in [0.5, 0.6) is 5.75 Å². The molecule has 0 radical (unpaired) electrons. The van der Waals surface area contributed by atoms with E-state index in [1.807, 2.05) is 18.2 Å². The molecule has 0 bridgehead atoms. The Kier molecular flexibility index (Phi) is 3.34. The minimum atomic E-state index is -0.992. The molecule has 0 aromatic heterocycles. The van der Waals surface area contributed by atoms with Crippen molar-refractivity contribution in [2.75, 3.05) is 0 Å². The quantitative estimate of drug-likeness (QED) is 0.785. The van der Waals surface area contributed by atoms with Gasteiger partial charge in [0.25, 0.3) is 0 Å². The Morgan fingerprint density at radius 3 is 2.75 bits per heavy atom. The van der Waals surface area contributed by atoms with E-state index in [9.17, 15) is 4.79 Å². The third kappa shape index (κ3) is 2.01. The van der Waals surface area contributed by atoms with Gasteiger partial charge in [0.2, 0.25) is 0 Å². The first-order valence-corrected chi connectivity index (χ1v) is 6.05. The van der Waals surface area contributed by atoms with E-state index in [4.69, 9.17) is 8.17 Å². The fraction of sp³-hybridized carbons (Fsp3) is 0. The van der Waals surface area contributed by atoms with Crippen LogP contribution in [0.25, 0.3) is 10.8 Å². The minimum Gasteiger partial charge on any atom is -0.478 e. The highest BCUT2D eigenvalue weighted by Gasteiger charge is 2.13. The Morgan fingerprint density at radius 2 is 2.12 bits per heavy atom. The Labute approximate surface area is 114 Å². The molecular weight excluding hydrogens is 387 g/mol. The van der Waals surface area contributed by atoms with Crippen LogP contribution in [-0.2, 0) is 0 Å². The molecule has 0 fully saturated rings. The first kappa shape index (κ1) is 11.7. The predicted molar refractivity (Wildman–Crippen MR) is 73.3 cm³/mol. The molecular formula is C11H6BrIO3. The van der Waals surface area contributed by atoms with Crippen molar-refractivity contribution in [1.29, 1.82) is 0 Å². The highest BCUT2D eigenvalue weighted by atomic mass is 127. The molecule has 0 unspecified atom stereocenters. The molecule has 82 valence electrons. The Bertz CT molecular complexity index is 568. The zero-order chi connectivity index (χ0) is 11.7. The second kappa shape index (κ2) is 4.58. The van der Waals surface area contributed by atoms with E-state index in [1.165, 1.54) is 0 Å². The standard InChI is InChI=1S/C11H6BrIO3/c12-9-3-1-2-6-4-8(11(14)15)10(16-13)5-7(6)9/h1-5H,(H,14,15). The van der Waals surface area contributed by atoms with Crippen molar-refractivity contribution in [3.8, 4) is 5.75 Å². The van der Waals surface area contributed by atoms with Gasteiger partial charge in [0.05, 0.1) is 0 Å². The van der Waals surface area contributed by atoms with Crippen molar-refractivity contribution >= 4 is 55.7 Å². The summed E-state index contributed by atoms with van der Waals surface area (Å²) in [7, 11) is 0. The van der Waals surface area contributed by atoms with Gasteiger partial charge in [-0.3, -0.25) is 0 Å². The van der Waals surface area contributed by atoms with Gasteiger partial charge < -0.3 is 8.17 Å². The molecule has 0 aliphatic heterocycles. The molecule has 1 N–H and O–H groups in total. The van der Waals surface area contributed by atoms with E-state index >= 15 is 0 Å². The number of fused-ring (bicyclic) bond motifs is 1. The van der Waals surface area contributed by atoms with Crippen LogP contribution in [0.3, 0.4) is 0 Å². The van der Waals surface area contributed by atoms with Crippen LogP contribution in [-0.4, -0.2) is 11.1 Å². The largest absolute Gasteiger partial charge is 0.478 e. The first-order valence-electron chi connectivity index (χ1n) is 4.37. The number of rotatable bonds is 2. The summed E-state index contributed by atoms with van der Waals surface area (Å²) in [6, 6.07) is 8.96. The van der Waals surface area contributed by atoms with Gasteiger partial charge in [0, 0.05) is 4.47 Å². The molecule has 3 nitrogen and oxygen atoms in total. The smallest absolute Gasteiger partial charge is 0.339 e. The number of carboxylic acids is 1. The van der Waals surface area contributed by atoms with Crippen LogP contribution < -0.4 is 3.07 Å². The number of hydrogen-bond acceptors (Lipinski definition) is 2. The lowest BCUT2D eigenvalue weighted by Gasteiger charge is -2.06. The molecule has 16 heavy (non-hydrogen) atoms. The lowest BCUT2D eigenvalue weighted by molar-refractivity contribution is 0.0695. The van der Waals surface area contributed by atoms with Crippen LogP contribution in [0.4, 0.5) is 0 Å². The summed E-state index contributed by atoms with van der Waals surface area (Å²) in [5.41, 5.74) is 0.167. The molecule has 2 rings (SSSR count). The summed E-state index contributed by atoms with van der Waals surface area (Å²) >= 11 is 5.09. The topological polar surface area (TPSA) is 46.5 Å². The van der Waals surface area contributed by atoms with E-state index in [0.29, 0.717) is 5.75 Å². The Balaban J connectivity index is 2.80. The van der Waals surface area contributed by atoms with Gasteiger partial charge in [-0.25, -0.2) is 4.79 Å². The summed E-state index contributed by atoms with van der Waals surface area (Å²) in [6.07, 6.45) is 0. The highest BCUT2D eigenvalue weighted by molar-refractivity contribution is 14.1. The van der Waals surface area contributed by atoms with Crippen LogP contribution in [0.2, 0.25) is 0 Å². The van der Waals surface area contributed by atoms with Crippen LogP contribution >= 0.6 is 38.9 Å². The normalized spacial score (nSPS) is 10.4. The van der Waals surface area contributed by atoms with Gasteiger partial charge in [-0.1, -0.05) is 28.1 Å². The fourth-order valence-electron chi connectivity index (χ4n) is 1.50. The zero-order valence-electron chi connectivity index (χ0n) is 7.91. The lowest BCUT2D eigenvalue weighted by Crippen LogP contribution is -1.98. The van der Waals surface area contributed by atoms with Gasteiger partial charge >= 0.3 is 5.97 Å². The number of halogens is 2. The lowest BCUT2D eigenvalue weighted by atomic mass is 10.1. The minimum absolute atomic E-state index is 0.167. The molecule has 0 aliphatic carbocycles. The van der Waals surface area contributed by atoms with Crippen molar-refractivity contribution < 1.29 is 13.0 Å². The highest BCUT2D eigenvalue weighted by Crippen LogP contribution is 2.31. The Morgan fingerprint density at radius 1 is 1.38 bits per heavy atom. The molecule has 0 atom stereocenters. The fourth-order valence-corrected chi connectivity index (χ4v) is 2.36. The molecule has 2 aromatic carbocycles. The molecule has 0 saturated heterocycles. The van der Waals surface area contributed by atoms with E-state index in [-0.39, 0.29) is 5.56 Å². The van der Waals surface area contributed by atoms with Crippen molar-refractivity contribution in [3.63, 3.8) is 0 Å². The monoisotopic (exact) mass is 392 g/mol. The maximum Gasteiger partial charge on any atom is 0.339 e. The van der Waals surface area contributed by atoms with Crippen molar-refractivity contribution in [2.45, 2.75) is 0 Å². The van der Waals surface area contributed by atoms with Gasteiger partial charge in [-0.15, -0.1) is 0 Å². The average Bonchev–Trinajstić information content (AvgIpc) is 2.28. The molecule has 0 aliphatic rings. The summed E-state index contributed by atoms with van der Waals surface area (Å²) in [4.78, 5) is 11.0. The summed E-state index contributed by atoms with van der Waals surface area (Å²) in [5.74, 6) is -0.638. The third-order valence-electron chi connectivity index (χ3n) is 2.24. The average molecular weight is 393 g/mol. The van der Waals surface area contributed by atoms with Gasteiger partial charge in [-0.2, -0.15) is 0 Å². The van der Waals surface area contributed by atoms with E-state index in [2.05, 4.69) is 15.9 Å². The zero-order valence-corrected chi connectivity index (χ0v) is 11.6. The number of aromatic carboxylic acids is 1. The van der Waals surface area contributed by atoms with E-state index in [0.717, 1.165) is 15.2 Å². The summed E-state index contributed by atoms with van der Waals surface area (Å²) in [6.45, 7) is 0. The molecule has 2 aromatic rings. The molecule has 5 heteroatoms. The van der Waals surface area contributed by atoms with Gasteiger partial charge in [-0.05, 0) is 29.0 Å². The molecule has 0 spiro atoms. The van der Waals surface area contributed by atoms with E-state index in [1.54, 1.807) is 35.1 Å². The number of carboxylic acid groups (broad SMARTS) is 1. The Hall–Kier alpha value is -0.820. The van der Waals surface area contributed by atoms with Crippen molar-refractivity contribution in [2.24, 2.45) is 0 Å². The molecule has 0 amide bonds. The maximum atomic E-state index is 11.0. The summed E-state index contributed by atoms with van der Waals surface area (Å²) < 4.78 is 5.95. The SMILES string of the molecule is O=C(O)c1cc2cccc(Br)c2cc1OI. The van der Waals surface area contributed by atoms with Crippen LogP contribution in [0.15, 0.2) is 34.8 Å². The second-order valence-electron chi connectivity index (χ2n) is 3.19. The third-order valence-corrected chi connectivity index (χ3v) is 3.41. The van der Waals surface area contributed by atoms with Gasteiger partial charge in [0.15, 0.2) is 23.0 Å². The van der Waals surface area contributed by atoms with Crippen LogP contribution in [0, 0.1) is 0 Å². The first-order chi connectivity index (χ1) is 7.63. The predicted octanol–water partition coefficient (Wildman–Crippen LogP) is 4.03. The molecule has 0 heterocycles. The van der Waals surface area contributed by atoms with E-state index < -0.39 is 5.97 Å².